The van der Waals surface area contributed by atoms with Gasteiger partial charge in [-0.15, -0.1) is 22.7 Å². The Balaban J connectivity index is 2.09. The summed E-state index contributed by atoms with van der Waals surface area (Å²) in [5.41, 5.74) is 3.43. The second kappa shape index (κ2) is 6.77. The van der Waals surface area contributed by atoms with E-state index in [2.05, 4.69) is 15.0 Å². The van der Waals surface area contributed by atoms with E-state index < -0.39 is 10.0 Å². The highest BCUT2D eigenvalue weighted by Gasteiger charge is 2.18. The molecule has 0 aromatic carbocycles. The van der Waals surface area contributed by atoms with Gasteiger partial charge in [0, 0.05) is 16.8 Å². The maximum absolute atomic E-state index is 12.2. The van der Waals surface area contributed by atoms with Crippen LogP contribution in [0.25, 0.3) is 0 Å². The number of nitrogens with zero attached hydrogens (tertiary/aromatic N) is 1. The van der Waals surface area contributed by atoms with E-state index in [1.54, 1.807) is 11.6 Å². The summed E-state index contributed by atoms with van der Waals surface area (Å²) >= 11 is 2.76. The van der Waals surface area contributed by atoms with Gasteiger partial charge in [0.05, 0.1) is 17.7 Å². The average molecular weight is 331 g/mol. The van der Waals surface area contributed by atoms with Crippen LogP contribution in [0.15, 0.2) is 21.2 Å². The molecule has 0 aliphatic carbocycles. The molecule has 0 saturated carbocycles. The number of nitrogens with one attached hydrogen (secondary N) is 2. The number of hydrogen-bond acceptors (Lipinski definition) is 6. The molecule has 20 heavy (non-hydrogen) atoms. The van der Waals surface area contributed by atoms with E-state index in [1.807, 2.05) is 19.2 Å². The number of hydrogen-bond donors (Lipinski definition) is 2. The predicted octanol–water partition coefficient (Wildman–Crippen LogP) is 2.10. The van der Waals surface area contributed by atoms with Crippen molar-refractivity contribution in [3.8, 4) is 0 Å². The van der Waals surface area contributed by atoms with Crippen LogP contribution in [-0.2, 0) is 23.1 Å². The lowest BCUT2D eigenvalue weighted by atomic mass is 10.3. The van der Waals surface area contributed by atoms with Crippen molar-refractivity contribution < 1.29 is 8.42 Å². The highest BCUT2D eigenvalue weighted by molar-refractivity contribution is 7.91. The van der Waals surface area contributed by atoms with Gasteiger partial charge in [0.15, 0.2) is 0 Å². The lowest BCUT2D eigenvalue weighted by molar-refractivity contribution is 0.582. The van der Waals surface area contributed by atoms with Gasteiger partial charge in [0.2, 0.25) is 10.0 Å². The molecular weight excluding hydrogens is 314 g/mol. The van der Waals surface area contributed by atoms with E-state index in [9.17, 15) is 8.42 Å². The molecule has 2 heterocycles. The molecule has 2 rings (SSSR count). The minimum absolute atomic E-state index is 0.228. The third-order valence-corrected chi connectivity index (χ3v) is 6.47. The summed E-state index contributed by atoms with van der Waals surface area (Å²) in [6, 6.07) is 1.72. The van der Waals surface area contributed by atoms with Crippen LogP contribution in [0.1, 0.15) is 23.1 Å². The summed E-state index contributed by atoms with van der Waals surface area (Å²) in [6.07, 6.45) is 0. The van der Waals surface area contributed by atoms with Gasteiger partial charge in [-0.3, -0.25) is 0 Å². The quantitative estimate of drug-likeness (QED) is 0.815. The minimum Gasteiger partial charge on any atom is -0.312 e. The topological polar surface area (TPSA) is 71.1 Å². The Morgan fingerprint density at radius 3 is 2.80 bits per heavy atom. The highest BCUT2D eigenvalue weighted by Crippen LogP contribution is 2.26. The minimum atomic E-state index is -3.46. The van der Waals surface area contributed by atoms with Crippen LogP contribution in [0.4, 0.5) is 0 Å². The molecule has 0 saturated heterocycles. The Labute approximate surface area is 127 Å². The van der Waals surface area contributed by atoms with Gasteiger partial charge in [0.1, 0.15) is 4.21 Å². The van der Waals surface area contributed by atoms with Crippen molar-refractivity contribution in [2.75, 3.05) is 6.54 Å². The lowest BCUT2D eigenvalue weighted by Gasteiger charge is -2.02. The zero-order valence-corrected chi connectivity index (χ0v) is 13.8. The first-order chi connectivity index (χ1) is 9.53. The average Bonchev–Trinajstić information content (AvgIpc) is 3.04. The fourth-order valence-electron chi connectivity index (χ4n) is 1.60. The van der Waals surface area contributed by atoms with Gasteiger partial charge >= 0.3 is 0 Å². The smallest absolute Gasteiger partial charge is 0.250 e. The van der Waals surface area contributed by atoms with Crippen molar-refractivity contribution in [1.29, 1.82) is 0 Å². The van der Waals surface area contributed by atoms with E-state index in [0.29, 0.717) is 10.8 Å². The van der Waals surface area contributed by atoms with E-state index in [1.165, 1.54) is 22.7 Å². The Morgan fingerprint density at radius 2 is 2.15 bits per heavy atom. The Morgan fingerprint density at radius 1 is 1.35 bits per heavy atom. The second-order valence-corrected chi connectivity index (χ2v) is 8.11. The van der Waals surface area contributed by atoms with Crippen molar-refractivity contribution in [1.82, 2.24) is 15.0 Å². The molecule has 5 nitrogen and oxygen atoms in total. The molecule has 0 bridgehead atoms. The summed E-state index contributed by atoms with van der Waals surface area (Å²) in [5, 5.41) is 5.04. The van der Waals surface area contributed by atoms with Gasteiger partial charge in [-0.05, 0) is 25.1 Å². The second-order valence-electron chi connectivity index (χ2n) is 4.26. The van der Waals surface area contributed by atoms with E-state index >= 15 is 0 Å². The first kappa shape index (κ1) is 15.6. The van der Waals surface area contributed by atoms with Crippen LogP contribution >= 0.6 is 22.7 Å². The van der Waals surface area contributed by atoms with Crippen molar-refractivity contribution in [2.45, 2.75) is 31.1 Å². The van der Waals surface area contributed by atoms with Crippen molar-refractivity contribution in [3.63, 3.8) is 0 Å². The number of aromatic nitrogens is 1. The van der Waals surface area contributed by atoms with Crippen LogP contribution in [0, 0.1) is 6.92 Å². The van der Waals surface area contributed by atoms with Crippen LogP contribution < -0.4 is 10.0 Å². The highest BCUT2D eigenvalue weighted by atomic mass is 32.2. The molecule has 2 aromatic heterocycles. The molecule has 0 aliphatic heterocycles. The Hall–Kier alpha value is -0.800. The van der Waals surface area contributed by atoms with Crippen LogP contribution in [-0.4, -0.2) is 19.9 Å². The number of sulfonamides is 1. The first-order valence-corrected chi connectivity index (χ1v) is 9.44. The van der Waals surface area contributed by atoms with Gasteiger partial charge < -0.3 is 5.32 Å². The molecule has 2 N–H and O–H groups in total. The van der Waals surface area contributed by atoms with E-state index in [4.69, 9.17) is 0 Å². The molecular formula is C12H17N3O2S3. The summed E-state index contributed by atoms with van der Waals surface area (Å²) in [7, 11) is -3.46. The number of rotatable bonds is 7. The largest absolute Gasteiger partial charge is 0.312 e. The molecule has 0 amide bonds. The summed E-state index contributed by atoms with van der Waals surface area (Å²) in [6.45, 7) is 5.75. The summed E-state index contributed by atoms with van der Waals surface area (Å²) < 4.78 is 27.4. The van der Waals surface area contributed by atoms with E-state index in [-0.39, 0.29) is 6.54 Å². The third-order valence-electron chi connectivity index (χ3n) is 2.73. The first-order valence-electron chi connectivity index (χ1n) is 6.19. The fourth-order valence-corrected chi connectivity index (χ4v) is 4.76. The zero-order chi connectivity index (χ0) is 14.6. The maximum Gasteiger partial charge on any atom is 0.250 e. The van der Waals surface area contributed by atoms with Gasteiger partial charge in [0.25, 0.3) is 0 Å². The third kappa shape index (κ3) is 3.86. The number of thiazole rings is 1. The van der Waals surface area contributed by atoms with Crippen LogP contribution in [0.3, 0.4) is 0 Å². The Kier molecular flexibility index (Phi) is 5.28. The van der Waals surface area contributed by atoms with E-state index in [0.717, 1.165) is 22.7 Å². The summed E-state index contributed by atoms with van der Waals surface area (Å²) in [5.74, 6) is 0. The van der Waals surface area contributed by atoms with Gasteiger partial charge in [-0.25, -0.2) is 18.1 Å². The Bertz CT molecular complexity index is 648. The molecule has 0 aliphatic rings. The number of thiophene rings is 1. The molecule has 0 unspecified atom stereocenters. The molecule has 0 fully saturated rings. The van der Waals surface area contributed by atoms with Crippen molar-refractivity contribution in [2.24, 2.45) is 0 Å². The number of aryl methyl sites for hydroxylation is 1. The van der Waals surface area contributed by atoms with Gasteiger partial charge in [-0.2, -0.15) is 0 Å². The van der Waals surface area contributed by atoms with Crippen molar-refractivity contribution >= 4 is 32.7 Å². The lowest BCUT2D eigenvalue weighted by Crippen LogP contribution is -2.22. The van der Waals surface area contributed by atoms with Crippen molar-refractivity contribution in [3.05, 3.63) is 33.1 Å². The monoisotopic (exact) mass is 331 g/mol. The molecule has 110 valence electrons. The molecule has 0 atom stereocenters. The van der Waals surface area contributed by atoms with Crippen LogP contribution in [0.2, 0.25) is 0 Å². The van der Waals surface area contributed by atoms with Gasteiger partial charge in [-0.1, -0.05) is 6.92 Å². The SMILES string of the molecule is CCNCc1sc(S(=O)(=O)NCc2cscn2)cc1C. The summed E-state index contributed by atoms with van der Waals surface area (Å²) in [4.78, 5) is 5.12. The molecule has 0 spiro atoms. The standard InChI is InChI=1S/C12H17N3O2S3/c1-3-13-6-11-9(2)4-12(19-11)20(16,17)15-5-10-7-18-8-14-10/h4,7-8,13,15H,3,5-6H2,1-2H3. The molecule has 8 heteroatoms. The maximum atomic E-state index is 12.2. The fraction of sp³-hybridized carbons (Fsp3) is 0.417. The molecule has 0 radical (unpaired) electrons. The van der Waals surface area contributed by atoms with Crippen LogP contribution in [0.5, 0.6) is 0 Å². The zero-order valence-electron chi connectivity index (χ0n) is 11.3. The normalized spacial score (nSPS) is 11.9. The predicted molar refractivity (Wildman–Crippen MR) is 82.6 cm³/mol. The molecule has 2 aromatic rings.